The molecule has 0 bridgehead atoms. The van der Waals surface area contributed by atoms with Crippen LogP contribution in [-0.2, 0) is 22.6 Å². The summed E-state index contributed by atoms with van der Waals surface area (Å²) < 4.78 is 7.49. The Kier molecular flexibility index (Phi) is 10.00. The molecule has 0 heterocycles. The van der Waals surface area contributed by atoms with Crippen molar-refractivity contribution >= 4 is 55.3 Å². The minimum atomic E-state index is -0.748. The lowest BCUT2D eigenvalue weighted by Crippen LogP contribution is -2.55. The maximum Gasteiger partial charge on any atom is 0.261 e. The molecule has 3 rings (SSSR count). The van der Waals surface area contributed by atoms with Crippen LogP contribution in [0.15, 0.2) is 81.7 Å². The first-order chi connectivity index (χ1) is 17.0. The van der Waals surface area contributed by atoms with Gasteiger partial charge in [-0.25, -0.2) is 0 Å². The van der Waals surface area contributed by atoms with Crippen LogP contribution in [0.4, 0.5) is 0 Å². The van der Waals surface area contributed by atoms with Crippen LogP contribution < -0.4 is 10.1 Å². The van der Waals surface area contributed by atoms with E-state index in [9.17, 15) is 9.59 Å². The minimum absolute atomic E-state index is 0.226. The molecular formula is C28H29Br2ClN2O3. The van der Waals surface area contributed by atoms with Crippen LogP contribution in [0.2, 0.25) is 5.02 Å². The van der Waals surface area contributed by atoms with Crippen LogP contribution >= 0.6 is 43.5 Å². The second-order valence-corrected chi connectivity index (χ2v) is 11.7. The monoisotopic (exact) mass is 634 g/mol. The zero-order valence-electron chi connectivity index (χ0n) is 20.4. The quantitative estimate of drug-likeness (QED) is 0.281. The largest absolute Gasteiger partial charge is 0.482 e. The summed E-state index contributed by atoms with van der Waals surface area (Å²) in [6.45, 7) is 5.74. The summed E-state index contributed by atoms with van der Waals surface area (Å²) in [4.78, 5) is 28.8. The van der Waals surface area contributed by atoms with Crippen molar-refractivity contribution in [2.45, 2.75) is 45.3 Å². The summed E-state index contributed by atoms with van der Waals surface area (Å²) in [5.74, 6) is -0.148. The first-order valence-corrected chi connectivity index (χ1v) is 13.5. The number of carbonyl (C=O) groups is 2. The number of benzene rings is 3. The molecule has 0 spiro atoms. The molecular weight excluding hydrogens is 608 g/mol. The maximum atomic E-state index is 13.6. The minimum Gasteiger partial charge on any atom is -0.482 e. The molecule has 0 aliphatic rings. The summed E-state index contributed by atoms with van der Waals surface area (Å²) in [6, 6.07) is 21.8. The molecule has 3 aromatic carbocycles. The molecule has 2 amide bonds. The van der Waals surface area contributed by atoms with Gasteiger partial charge in [0.1, 0.15) is 11.8 Å². The number of nitrogens with zero attached hydrogens (tertiary/aromatic N) is 1. The van der Waals surface area contributed by atoms with Gasteiger partial charge >= 0.3 is 0 Å². The molecule has 36 heavy (non-hydrogen) atoms. The molecule has 0 saturated carbocycles. The summed E-state index contributed by atoms with van der Waals surface area (Å²) in [5.41, 5.74) is 1.38. The molecule has 8 heteroatoms. The van der Waals surface area contributed by atoms with E-state index in [1.54, 1.807) is 23.1 Å². The van der Waals surface area contributed by atoms with Gasteiger partial charge in [0.2, 0.25) is 5.91 Å². The summed E-state index contributed by atoms with van der Waals surface area (Å²) >= 11 is 13.2. The lowest BCUT2D eigenvalue weighted by molar-refractivity contribution is -0.143. The van der Waals surface area contributed by atoms with Crippen LogP contribution in [0.1, 0.15) is 31.9 Å². The summed E-state index contributed by atoms with van der Waals surface area (Å²) in [5, 5.41) is 3.44. The predicted octanol–water partition coefficient (Wildman–Crippen LogP) is 6.80. The molecule has 1 atom stereocenters. The van der Waals surface area contributed by atoms with E-state index < -0.39 is 11.6 Å². The van der Waals surface area contributed by atoms with Gasteiger partial charge in [0.05, 0.1) is 5.02 Å². The Balaban J connectivity index is 1.94. The molecule has 190 valence electrons. The fraction of sp³-hybridized carbons (Fsp3) is 0.286. The molecule has 5 nitrogen and oxygen atoms in total. The fourth-order valence-corrected chi connectivity index (χ4v) is 4.83. The van der Waals surface area contributed by atoms with Gasteiger partial charge in [-0.05, 0) is 62.2 Å². The van der Waals surface area contributed by atoms with Gasteiger partial charge in [0.25, 0.3) is 5.91 Å². The lowest BCUT2D eigenvalue weighted by atomic mass is 10.0. The number of hydrogen-bond acceptors (Lipinski definition) is 3. The molecule has 0 fully saturated rings. The molecule has 0 radical (unpaired) electrons. The van der Waals surface area contributed by atoms with E-state index >= 15 is 0 Å². The van der Waals surface area contributed by atoms with Gasteiger partial charge in [0, 0.05) is 27.4 Å². The third-order valence-electron chi connectivity index (χ3n) is 5.26. The van der Waals surface area contributed by atoms with Gasteiger partial charge in [-0.2, -0.15) is 0 Å². The Bertz CT molecular complexity index is 1200. The maximum absolute atomic E-state index is 13.6. The summed E-state index contributed by atoms with van der Waals surface area (Å²) in [7, 11) is 0. The molecule has 0 aromatic heterocycles. The van der Waals surface area contributed by atoms with Crippen LogP contribution in [0.25, 0.3) is 0 Å². The number of carbonyl (C=O) groups excluding carboxylic acids is 2. The van der Waals surface area contributed by atoms with Crippen molar-refractivity contribution in [3.63, 3.8) is 0 Å². The SMILES string of the molecule is CC(C)(C)NC(=O)C(Cc1ccccc1)N(Cc1cccc(Br)c1)C(=O)COc1ccc(Br)cc1Cl. The molecule has 0 aliphatic heterocycles. The highest BCUT2D eigenvalue weighted by Gasteiger charge is 2.32. The zero-order valence-corrected chi connectivity index (χ0v) is 24.4. The number of halogens is 3. The highest BCUT2D eigenvalue weighted by Crippen LogP contribution is 2.28. The van der Waals surface area contributed by atoms with Crippen molar-refractivity contribution < 1.29 is 14.3 Å². The van der Waals surface area contributed by atoms with Gasteiger partial charge in [-0.15, -0.1) is 0 Å². The molecule has 0 saturated heterocycles. The Hall–Kier alpha value is -2.35. The third kappa shape index (κ3) is 8.64. The van der Waals surface area contributed by atoms with E-state index in [0.29, 0.717) is 17.2 Å². The van der Waals surface area contributed by atoms with E-state index in [1.807, 2.05) is 75.4 Å². The highest BCUT2D eigenvalue weighted by atomic mass is 79.9. The van der Waals surface area contributed by atoms with E-state index in [2.05, 4.69) is 37.2 Å². The Morgan fingerprint density at radius 3 is 2.25 bits per heavy atom. The number of nitrogens with one attached hydrogen (secondary N) is 1. The average molecular weight is 637 g/mol. The van der Waals surface area contributed by atoms with Crippen molar-refractivity contribution in [2.75, 3.05) is 6.61 Å². The number of rotatable bonds is 9. The number of amides is 2. The predicted molar refractivity (Wildman–Crippen MR) is 151 cm³/mol. The topological polar surface area (TPSA) is 58.6 Å². The van der Waals surface area contributed by atoms with Crippen molar-refractivity contribution in [1.82, 2.24) is 10.2 Å². The molecule has 1 unspecified atom stereocenters. The molecule has 3 aromatic rings. The standard InChI is InChI=1S/C28H29Br2ClN2O3/c1-28(2,3)32-27(35)24(15-19-8-5-4-6-9-19)33(17-20-10-7-11-21(29)14-20)26(34)18-36-25-13-12-22(30)16-23(25)31/h4-14,16,24H,15,17-18H2,1-3H3,(H,32,35). The molecule has 1 N–H and O–H groups in total. The Labute approximate surface area is 234 Å². The van der Waals surface area contributed by atoms with Crippen molar-refractivity contribution in [3.05, 3.63) is 97.9 Å². The number of ether oxygens (including phenoxy) is 1. The Morgan fingerprint density at radius 2 is 1.61 bits per heavy atom. The van der Waals surface area contributed by atoms with Gasteiger partial charge in [0.15, 0.2) is 6.61 Å². The smallest absolute Gasteiger partial charge is 0.261 e. The van der Waals surface area contributed by atoms with Crippen LogP contribution in [0.5, 0.6) is 5.75 Å². The van der Waals surface area contributed by atoms with E-state index in [1.165, 1.54) is 0 Å². The zero-order chi connectivity index (χ0) is 26.3. The van der Waals surface area contributed by atoms with E-state index in [4.69, 9.17) is 16.3 Å². The van der Waals surface area contributed by atoms with E-state index in [-0.39, 0.29) is 25.0 Å². The second kappa shape index (κ2) is 12.7. The average Bonchev–Trinajstić information content (AvgIpc) is 2.80. The van der Waals surface area contributed by atoms with Gasteiger partial charge in [-0.3, -0.25) is 9.59 Å². The van der Waals surface area contributed by atoms with Crippen LogP contribution in [0.3, 0.4) is 0 Å². The van der Waals surface area contributed by atoms with Gasteiger partial charge < -0.3 is 15.0 Å². The van der Waals surface area contributed by atoms with Gasteiger partial charge in [-0.1, -0.05) is 85.9 Å². The van der Waals surface area contributed by atoms with Crippen molar-refractivity contribution in [2.24, 2.45) is 0 Å². The fourth-order valence-electron chi connectivity index (χ4n) is 3.65. The molecule has 0 aliphatic carbocycles. The first kappa shape index (κ1) is 28.2. The first-order valence-electron chi connectivity index (χ1n) is 11.5. The second-order valence-electron chi connectivity index (χ2n) is 9.46. The lowest BCUT2D eigenvalue weighted by Gasteiger charge is -2.33. The van der Waals surface area contributed by atoms with Crippen LogP contribution in [0, 0.1) is 0 Å². The van der Waals surface area contributed by atoms with Crippen molar-refractivity contribution in [3.8, 4) is 5.75 Å². The van der Waals surface area contributed by atoms with Crippen LogP contribution in [-0.4, -0.2) is 34.9 Å². The Morgan fingerprint density at radius 1 is 0.944 bits per heavy atom. The highest BCUT2D eigenvalue weighted by molar-refractivity contribution is 9.10. The summed E-state index contributed by atoms with van der Waals surface area (Å²) in [6.07, 6.45) is 0.363. The number of hydrogen-bond donors (Lipinski definition) is 1. The van der Waals surface area contributed by atoms with Crippen molar-refractivity contribution in [1.29, 1.82) is 0 Å². The third-order valence-corrected chi connectivity index (χ3v) is 6.54. The normalized spacial score (nSPS) is 12.1. The van der Waals surface area contributed by atoms with E-state index in [0.717, 1.165) is 20.1 Å².